The van der Waals surface area contributed by atoms with E-state index in [1.807, 2.05) is 0 Å². The summed E-state index contributed by atoms with van der Waals surface area (Å²) < 4.78 is 0. The third-order valence-corrected chi connectivity index (χ3v) is 4.03. The third-order valence-electron chi connectivity index (χ3n) is 4.03. The largest absolute Gasteiger partial charge is 0.311 e. The van der Waals surface area contributed by atoms with E-state index in [4.69, 9.17) is 4.98 Å². The van der Waals surface area contributed by atoms with Crippen LogP contribution in [0.5, 0.6) is 0 Å². The molecule has 0 spiro atoms. The zero-order valence-corrected chi connectivity index (χ0v) is 13.6. The predicted octanol–water partition coefficient (Wildman–Crippen LogP) is 2.11. The molecule has 0 radical (unpaired) electrons. The Balaban J connectivity index is 1.74. The Kier molecular flexibility index (Phi) is 7.13. The van der Waals surface area contributed by atoms with E-state index in [9.17, 15) is 0 Å². The zero-order valence-electron chi connectivity index (χ0n) is 13.6. The molecule has 0 atom stereocenters. The number of likely N-dealkylation sites (tertiary alicyclic amines) is 1. The molecule has 1 saturated heterocycles. The van der Waals surface area contributed by atoms with Crippen LogP contribution in [0.4, 0.5) is 0 Å². The van der Waals surface area contributed by atoms with E-state index in [2.05, 4.69) is 47.3 Å². The van der Waals surface area contributed by atoms with Crippen molar-refractivity contribution in [2.75, 3.05) is 39.8 Å². The molecule has 2 heterocycles. The van der Waals surface area contributed by atoms with Crippen molar-refractivity contribution in [1.82, 2.24) is 20.1 Å². The molecule has 118 valence electrons. The summed E-state index contributed by atoms with van der Waals surface area (Å²) in [5.41, 5.74) is 2.32. The highest BCUT2D eigenvalue weighted by molar-refractivity contribution is 5.11. The molecule has 1 aromatic rings. The van der Waals surface area contributed by atoms with Gasteiger partial charge < -0.3 is 10.2 Å². The van der Waals surface area contributed by atoms with E-state index < -0.39 is 0 Å². The number of hydrogen-bond donors (Lipinski definition) is 1. The lowest BCUT2D eigenvalue weighted by molar-refractivity contribution is 0.250. The molecule has 0 unspecified atom stereocenters. The second-order valence-electron chi connectivity index (χ2n) is 6.08. The molecular formula is C17H30N4. The topological polar surface area (TPSA) is 31.4 Å². The Hall–Kier alpha value is -0.970. The maximum atomic E-state index is 4.75. The van der Waals surface area contributed by atoms with Gasteiger partial charge in [-0.05, 0) is 58.1 Å². The molecule has 21 heavy (non-hydrogen) atoms. The van der Waals surface area contributed by atoms with Crippen LogP contribution in [0.1, 0.15) is 37.6 Å². The zero-order chi connectivity index (χ0) is 14.9. The summed E-state index contributed by atoms with van der Waals surface area (Å²) in [6.07, 6.45) is 3.91. The van der Waals surface area contributed by atoms with Gasteiger partial charge in [0.15, 0.2) is 0 Å². The number of nitrogens with zero attached hydrogens (tertiary/aromatic N) is 3. The van der Waals surface area contributed by atoms with Crippen molar-refractivity contribution >= 4 is 0 Å². The molecule has 2 rings (SSSR count). The molecule has 1 aliphatic heterocycles. The van der Waals surface area contributed by atoms with Crippen molar-refractivity contribution in [3.63, 3.8) is 0 Å². The molecule has 0 aromatic carbocycles. The summed E-state index contributed by atoms with van der Waals surface area (Å²) in [6, 6.07) is 6.37. The van der Waals surface area contributed by atoms with Crippen LogP contribution in [-0.2, 0) is 13.1 Å². The van der Waals surface area contributed by atoms with E-state index >= 15 is 0 Å². The first-order valence-electron chi connectivity index (χ1n) is 8.34. The highest BCUT2D eigenvalue weighted by Crippen LogP contribution is 2.07. The average Bonchev–Trinajstić information content (AvgIpc) is 2.99. The Morgan fingerprint density at radius 3 is 2.76 bits per heavy atom. The van der Waals surface area contributed by atoms with Crippen molar-refractivity contribution < 1.29 is 0 Å². The summed E-state index contributed by atoms with van der Waals surface area (Å²) in [7, 11) is 2.19. The molecule has 0 bridgehead atoms. The van der Waals surface area contributed by atoms with E-state index in [1.54, 1.807) is 0 Å². The Morgan fingerprint density at radius 1 is 1.24 bits per heavy atom. The molecule has 1 N–H and O–H groups in total. The first-order valence-corrected chi connectivity index (χ1v) is 8.34. The van der Waals surface area contributed by atoms with Crippen molar-refractivity contribution in [2.24, 2.45) is 0 Å². The summed E-state index contributed by atoms with van der Waals surface area (Å²) in [5, 5.41) is 3.41. The van der Waals surface area contributed by atoms with Crippen LogP contribution in [-0.4, -0.2) is 54.6 Å². The van der Waals surface area contributed by atoms with E-state index in [-0.39, 0.29) is 0 Å². The van der Waals surface area contributed by atoms with Crippen LogP contribution < -0.4 is 5.32 Å². The van der Waals surface area contributed by atoms with Gasteiger partial charge in [0, 0.05) is 26.2 Å². The number of rotatable bonds is 9. The van der Waals surface area contributed by atoms with E-state index in [0.717, 1.165) is 31.9 Å². The van der Waals surface area contributed by atoms with E-state index in [1.165, 1.54) is 44.6 Å². The highest BCUT2D eigenvalue weighted by Gasteiger charge is 2.12. The standard InChI is InChI=1S/C17H30N4/c1-3-9-18-14-16-7-6-8-17(19-16)15-20(2)12-13-21-10-4-5-11-21/h6-8,18H,3-5,9-15H2,1-2H3. The van der Waals surface area contributed by atoms with Crippen molar-refractivity contribution in [3.8, 4) is 0 Å². The van der Waals surface area contributed by atoms with Crippen LogP contribution in [0.25, 0.3) is 0 Å². The number of hydrogen-bond acceptors (Lipinski definition) is 4. The first kappa shape index (κ1) is 16.4. The Labute approximate surface area is 129 Å². The molecule has 0 saturated carbocycles. The van der Waals surface area contributed by atoms with Crippen molar-refractivity contribution in [1.29, 1.82) is 0 Å². The number of likely N-dealkylation sites (N-methyl/N-ethyl adjacent to an activating group) is 1. The van der Waals surface area contributed by atoms with Gasteiger partial charge in [-0.2, -0.15) is 0 Å². The monoisotopic (exact) mass is 290 g/mol. The van der Waals surface area contributed by atoms with Gasteiger partial charge >= 0.3 is 0 Å². The Morgan fingerprint density at radius 2 is 2.00 bits per heavy atom. The fourth-order valence-electron chi connectivity index (χ4n) is 2.78. The highest BCUT2D eigenvalue weighted by atomic mass is 15.2. The molecule has 4 heteroatoms. The van der Waals surface area contributed by atoms with E-state index in [0.29, 0.717) is 0 Å². The van der Waals surface area contributed by atoms with Crippen molar-refractivity contribution in [3.05, 3.63) is 29.6 Å². The van der Waals surface area contributed by atoms with Crippen LogP contribution >= 0.6 is 0 Å². The first-order chi connectivity index (χ1) is 10.3. The average molecular weight is 290 g/mol. The molecule has 1 aliphatic rings. The van der Waals surface area contributed by atoms with Crippen LogP contribution in [0.15, 0.2) is 18.2 Å². The van der Waals surface area contributed by atoms with Gasteiger partial charge in [-0.25, -0.2) is 0 Å². The van der Waals surface area contributed by atoms with Crippen LogP contribution in [0, 0.1) is 0 Å². The fourth-order valence-corrected chi connectivity index (χ4v) is 2.78. The number of aromatic nitrogens is 1. The summed E-state index contributed by atoms with van der Waals surface area (Å²) >= 11 is 0. The summed E-state index contributed by atoms with van der Waals surface area (Å²) in [5.74, 6) is 0. The molecule has 0 aliphatic carbocycles. The van der Waals surface area contributed by atoms with Gasteiger partial charge in [0.25, 0.3) is 0 Å². The van der Waals surface area contributed by atoms with Crippen LogP contribution in [0.3, 0.4) is 0 Å². The second-order valence-corrected chi connectivity index (χ2v) is 6.08. The second kappa shape index (κ2) is 9.13. The van der Waals surface area contributed by atoms with Crippen molar-refractivity contribution in [2.45, 2.75) is 39.3 Å². The molecule has 0 amide bonds. The smallest absolute Gasteiger partial charge is 0.0547 e. The summed E-state index contributed by atoms with van der Waals surface area (Å²) in [4.78, 5) is 9.69. The fraction of sp³-hybridized carbons (Fsp3) is 0.706. The van der Waals surface area contributed by atoms with Gasteiger partial charge in [-0.15, -0.1) is 0 Å². The minimum absolute atomic E-state index is 0.874. The Bertz CT molecular complexity index is 402. The molecule has 1 fully saturated rings. The van der Waals surface area contributed by atoms with Gasteiger partial charge in [0.05, 0.1) is 11.4 Å². The lowest BCUT2D eigenvalue weighted by Crippen LogP contribution is -2.31. The maximum Gasteiger partial charge on any atom is 0.0547 e. The van der Waals surface area contributed by atoms with Gasteiger partial charge in [-0.3, -0.25) is 9.88 Å². The van der Waals surface area contributed by atoms with Gasteiger partial charge in [0.2, 0.25) is 0 Å². The van der Waals surface area contributed by atoms with Gasteiger partial charge in [0.1, 0.15) is 0 Å². The quantitative estimate of drug-likeness (QED) is 0.706. The third kappa shape index (κ3) is 6.12. The minimum atomic E-state index is 0.874. The normalized spacial score (nSPS) is 16.0. The lowest BCUT2D eigenvalue weighted by Gasteiger charge is -2.21. The maximum absolute atomic E-state index is 4.75. The molecule has 1 aromatic heterocycles. The number of pyridine rings is 1. The lowest BCUT2D eigenvalue weighted by atomic mass is 10.3. The molecule has 4 nitrogen and oxygen atoms in total. The molecular weight excluding hydrogens is 260 g/mol. The SMILES string of the molecule is CCCNCc1cccc(CN(C)CCN2CCCC2)n1. The predicted molar refractivity (Wildman–Crippen MR) is 88.2 cm³/mol. The van der Waals surface area contributed by atoms with Gasteiger partial charge in [-0.1, -0.05) is 13.0 Å². The van der Waals surface area contributed by atoms with Crippen LogP contribution in [0.2, 0.25) is 0 Å². The summed E-state index contributed by atoms with van der Waals surface area (Å²) in [6.45, 7) is 9.94. The number of nitrogens with one attached hydrogen (secondary N) is 1. The minimum Gasteiger partial charge on any atom is -0.311 e.